The smallest absolute Gasteiger partial charge is 0.273 e. The highest BCUT2D eigenvalue weighted by Gasteiger charge is 2.31. The summed E-state index contributed by atoms with van der Waals surface area (Å²) in [4.78, 5) is 18.1. The van der Waals surface area contributed by atoms with Crippen LogP contribution in [0.4, 0.5) is 0 Å². The molecule has 3 aliphatic heterocycles. The van der Waals surface area contributed by atoms with E-state index in [1.54, 1.807) is 0 Å². The van der Waals surface area contributed by atoms with Gasteiger partial charge < -0.3 is 0 Å². The Labute approximate surface area is 175 Å². The lowest BCUT2D eigenvalue weighted by atomic mass is 10.0. The summed E-state index contributed by atoms with van der Waals surface area (Å²) in [6.07, 6.45) is 7.52. The second-order valence-electron chi connectivity index (χ2n) is 7.92. The molecule has 1 aromatic carbocycles. The number of rotatable bonds is 4. The molecule has 1 aromatic heterocycles. The van der Waals surface area contributed by atoms with Gasteiger partial charge in [-0.25, -0.2) is 5.01 Å². The maximum Gasteiger partial charge on any atom is 0.273 e. The maximum absolute atomic E-state index is 12.8. The van der Waals surface area contributed by atoms with E-state index in [2.05, 4.69) is 47.5 Å². The number of amides is 1. The second-order valence-corrected chi connectivity index (χ2v) is 9.20. The third-order valence-corrected chi connectivity index (χ3v) is 6.91. The van der Waals surface area contributed by atoms with Crippen molar-refractivity contribution in [3.63, 3.8) is 0 Å². The highest BCUT2D eigenvalue weighted by molar-refractivity contribution is 7.13. The van der Waals surface area contributed by atoms with Crippen LogP contribution in [-0.4, -0.2) is 47.1 Å². The maximum atomic E-state index is 12.8. The van der Waals surface area contributed by atoms with E-state index in [0.717, 1.165) is 43.7 Å². The van der Waals surface area contributed by atoms with Crippen LogP contribution in [0.3, 0.4) is 0 Å². The molecule has 5 rings (SSSR count). The van der Waals surface area contributed by atoms with Crippen LogP contribution in [0.15, 0.2) is 48.7 Å². The van der Waals surface area contributed by atoms with E-state index in [1.807, 2.05) is 39.7 Å². The number of aryl methyl sites for hydroxylation is 1. The Morgan fingerprint density at radius 3 is 2.86 bits per heavy atom. The fourth-order valence-corrected chi connectivity index (χ4v) is 5.20. The molecule has 1 N–H and O–H groups in total. The molecular formula is C23H26N4OS. The number of carbonyl (C=O) groups excluding carboxylic acids is 1. The summed E-state index contributed by atoms with van der Waals surface area (Å²) in [5.41, 5.74) is 4.74. The molecule has 0 saturated heterocycles. The molecule has 0 spiro atoms. The van der Waals surface area contributed by atoms with E-state index in [4.69, 9.17) is 0 Å². The van der Waals surface area contributed by atoms with Crippen LogP contribution < -0.4 is 5.32 Å². The predicted octanol–water partition coefficient (Wildman–Crippen LogP) is 3.59. The largest absolute Gasteiger partial charge is 0.295 e. The van der Waals surface area contributed by atoms with E-state index in [9.17, 15) is 4.79 Å². The Balaban J connectivity index is 1.25. The first-order valence-electron chi connectivity index (χ1n) is 10.2. The first kappa shape index (κ1) is 18.6. The molecule has 29 heavy (non-hydrogen) atoms. The van der Waals surface area contributed by atoms with E-state index < -0.39 is 0 Å². The number of carbonyl (C=O) groups is 1. The summed E-state index contributed by atoms with van der Waals surface area (Å²) in [5, 5.41) is 7.07. The Hall–Kier alpha value is -2.41. The normalized spacial score (nSPS) is 19.6. The molecule has 0 unspecified atom stereocenters. The molecule has 5 nitrogen and oxygen atoms in total. The molecule has 6 heteroatoms. The Morgan fingerprint density at radius 1 is 1.21 bits per heavy atom. The number of fused-ring (bicyclic) bond motifs is 1. The lowest BCUT2D eigenvalue weighted by Crippen LogP contribution is -2.46. The van der Waals surface area contributed by atoms with Crippen molar-refractivity contribution in [2.75, 3.05) is 26.3 Å². The quantitative estimate of drug-likeness (QED) is 0.842. The third kappa shape index (κ3) is 3.75. The lowest BCUT2D eigenvalue weighted by Gasteiger charge is -2.32. The molecule has 4 heterocycles. The second kappa shape index (κ2) is 7.78. The van der Waals surface area contributed by atoms with Crippen molar-refractivity contribution >= 4 is 22.8 Å². The van der Waals surface area contributed by atoms with Gasteiger partial charge in [-0.05, 0) is 48.2 Å². The highest BCUT2D eigenvalue weighted by Crippen LogP contribution is 2.30. The summed E-state index contributed by atoms with van der Waals surface area (Å²) < 4.78 is 0. The Bertz CT molecular complexity index is 993. The van der Waals surface area contributed by atoms with Gasteiger partial charge >= 0.3 is 0 Å². The van der Waals surface area contributed by atoms with Gasteiger partial charge in [0.05, 0.1) is 13.2 Å². The van der Waals surface area contributed by atoms with E-state index in [-0.39, 0.29) is 5.91 Å². The van der Waals surface area contributed by atoms with Crippen molar-refractivity contribution < 1.29 is 4.79 Å². The molecular weight excluding hydrogens is 380 g/mol. The Kier molecular flexibility index (Phi) is 4.99. The average Bonchev–Trinajstić information content (AvgIpc) is 3.32. The number of nitrogens with zero attached hydrogens (tertiary/aromatic N) is 3. The zero-order valence-electron chi connectivity index (χ0n) is 16.7. The standard InChI is InChI=1S/C23H26N4OS/c1-17-3-6-22(29-17)19-7-11-25(12-8-19)14-18-4-5-21-20(13-18)15-27(23(21)28)26-10-2-9-24-16-26/h2-7,10,13,24H,8-9,11-12,14-16H2,1H3. The fourth-order valence-electron chi connectivity index (χ4n) is 4.26. The van der Waals surface area contributed by atoms with Crippen LogP contribution in [-0.2, 0) is 13.1 Å². The van der Waals surface area contributed by atoms with Crippen molar-refractivity contribution in [1.29, 1.82) is 0 Å². The van der Waals surface area contributed by atoms with Crippen LogP contribution in [0.25, 0.3) is 5.57 Å². The van der Waals surface area contributed by atoms with Crippen LogP contribution >= 0.6 is 11.3 Å². The molecule has 3 aliphatic rings. The molecule has 1 amide bonds. The van der Waals surface area contributed by atoms with Gasteiger partial charge in [-0.1, -0.05) is 24.3 Å². The SMILES string of the molecule is Cc1ccc(C2=CCN(Cc3ccc4c(c3)CN(N3C=CCNC3)C4=O)CC2)s1. The van der Waals surface area contributed by atoms with Gasteiger partial charge in [0.25, 0.3) is 5.91 Å². The first-order valence-corrected chi connectivity index (χ1v) is 11.0. The molecule has 0 saturated carbocycles. The Morgan fingerprint density at radius 2 is 2.14 bits per heavy atom. The number of nitrogens with one attached hydrogen (secondary N) is 1. The summed E-state index contributed by atoms with van der Waals surface area (Å²) in [6, 6.07) is 10.8. The van der Waals surface area contributed by atoms with Crippen molar-refractivity contribution in [1.82, 2.24) is 20.2 Å². The van der Waals surface area contributed by atoms with Crippen LogP contribution in [0.1, 0.15) is 37.7 Å². The van der Waals surface area contributed by atoms with Crippen LogP contribution in [0.5, 0.6) is 0 Å². The number of thiophene rings is 1. The van der Waals surface area contributed by atoms with Gasteiger partial charge in [0.2, 0.25) is 0 Å². The van der Waals surface area contributed by atoms with E-state index in [0.29, 0.717) is 13.2 Å². The van der Waals surface area contributed by atoms with E-state index >= 15 is 0 Å². The highest BCUT2D eigenvalue weighted by atomic mass is 32.1. The predicted molar refractivity (Wildman–Crippen MR) is 117 cm³/mol. The van der Waals surface area contributed by atoms with Gasteiger partial charge in [0, 0.05) is 47.7 Å². The van der Waals surface area contributed by atoms with Crippen LogP contribution in [0.2, 0.25) is 0 Å². The molecule has 150 valence electrons. The lowest BCUT2D eigenvalue weighted by molar-refractivity contribution is 0.0142. The van der Waals surface area contributed by atoms with Gasteiger partial charge in [0.1, 0.15) is 0 Å². The summed E-state index contributed by atoms with van der Waals surface area (Å²) in [7, 11) is 0. The summed E-state index contributed by atoms with van der Waals surface area (Å²) >= 11 is 1.89. The number of benzene rings is 1. The minimum Gasteiger partial charge on any atom is -0.295 e. The van der Waals surface area contributed by atoms with Crippen molar-refractivity contribution in [3.8, 4) is 0 Å². The third-order valence-electron chi connectivity index (χ3n) is 5.83. The van der Waals surface area contributed by atoms with Gasteiger partial charge in [0.15, 0.2) is 0 Å². The molecule has 0 radical (unpaired) electrons. The summed E-state index contributed by atoms with van der Waals surface area (Å²) in [5.74, 6) is 0.0942. The average molecular weight is 407 g/mol. The zero-order valence-corrected chi connectivity index (χ0v) is 17.5. The number of hydrogen-bond acceptors (Lipinski definition) is 5. The molecule has 0 atom stereocenters. The fraction of sp³-hybridized carbons (Fsp3) is 0.348. The topological polar surface area (TPSA) is 38.8 Å². The minimum atomic E-state index is 0.0942. The van der Waals surface area contributed by atoms with Gasteiger partial charge in [-0.2, -0.15) is 0 Å². The van der Waals surface area contributed by atoms with Crippen LogP contribution in [0, 0.1) is 6.92 Å². The number of hydrazine groups is 1. The van der Waals surface area contributed by atoms with Crippen molar-refractivity contribution in [3.05, 3.63) is 75.1 Å². The molecule has 0 bridgehead atoms. The zero-order chi connectivity index (χ0) is 19.8. The first-order chi connectivity index (χ1) is 14.2. The van der Waals surface area contributed by atoms with Crippen molar-refractivity contribution in [2.24, 2.45) is 0 Å². The monoisotopic (exact) mass is 406 g/mol. The molecule has 0 fully saturated rings. The minimum absolute atomic E-state index is 0.0942. The molecule has 0 aliphatic carbocycles. The van der Waals surface area contributed by atoms with Gasteiger partial charge in [-0.15, -0.1) is 11.3 Å². The summed E-state index contributed by atoms with van der Waals surface area (Å²) in [6.45, 7) is 7.34. The molecule has 2 aromatic rings. The van der Waals surface area contributed by atoms with Gasteiger partial charge in [-0.3, -0.25) is 20.0 Å². The van der Waals surface area contributed by atoms with E-state index in [1.165, 1.54) is 20.9 Å². The van der Waals surface area contributed by atoms with Crippen molar-refractivity contribution in [2.45, 2.75) is 26.4 Å². The number of hydrogen-bond donors (Lipinski definition) is 1.